The first-order valence-corrected chi connectivity index (χ1v) is 9.63. The van der Waals surface area contributed by atoms with Crippen LogP contribution in [0.5, 0.6) is 0 Å². The average molecular weight is 378 g/mol. The monoisotopic (exact) mass is 378 g/mol. The number of rotatable bonds is 5. The molecule has 0 saturated carbocycles. The zero-order chi connectivity index (χ0) is 18.8. The molecule has 27 heavy (non-hydrogen) atoms. The topological polar surface area (TPSA) is 34.0 Å². The number of hydrogen-bond donors (Lipinski definition) is 1. The Morgan fingerprint density at radius 1 is 1.07 bits per heavy atom. The molecule has 0 aliphatic heterocycles. The van der Waals surface area contributed by atoms with Crippen molar-refractivity contribution in [3.63, 3.8) is 0 Å². The molecular formula is C22H19FN2OS. The Kier molecular flexibility index (Phi) is 4.77. The van der Waals surface area contributed by atoms with Gasteiger partial charge in [0.05, 0.1) is 10.2 Å². The summed E-state index contributed by atoms with van der Waals surface area (Å²) in [7, 11) is 0. The molecule has 5 heteroatoms. The van der Waals surface area contributed by atoms with Crippen molar-refractivity contribution < 1.29 is 9.18 Å². The molecule has 0 radical (unpaired) electrons. The normalized spacial score (nSPS) is 11.0. The Bertz CT molecular complexity index is 1100. The Morgan fingerprint density at radius 2 is 1.89 bits per heavy atom. The maximum atomic E-state index is 13.2. The van der Waals surface area contributed by atoms with Crippen LogP contribution in [0.25, 0.3) is 10.2 Å². The molecule has 0 unspecified atom stereocenters. The van der Waals surface area contributed by atoms with E-state index in [1.807, 2.05) is 47.2 Å². The van der Waals surface area contributed by atoms with Crippen LogP contribution in [-0.2, 0) is 13.1 Å². The molecule has 2 aromatic heterocycles. The summed E-state index contributed by atoms with van der Waals surface area (Å²) in [6.45, 7) is 3.04. The Balaban J connectivity index is 1.59. The van der Waals surface area contributed by atoms with Crippen LogP contribution in [0.3, 0.4) is 0 Å². The van der Waals surface area contributed by atoms with Crippen molar-refractivity contribution in [3.05, 3.63) is 94.2 Å². The van der Waals surface area contributed by atoms with Gasteiger partial charge in [0.25, 0.3) is 5.91 Å². The van der Waals surface area contributed by atoms with Gasteiger partial charge in [-0.3, -0.25) is 4.79 Å². The molecule has 4 rings (SSSR count). The second-order valence-corrected chi connectivity index (χ2v) is 7.53. The van der Waals surface area contributed by atoms with Gasteiger partial charge in [0.1, 0.15) is 11.5 Å². The highest BCUT2D eigenvalue weighted by Crippen LogP contribution is 2.26. The molecule has 0 aliphatic carbocycles. The first-order valence-electron chi connectivity index (χ1n) is 8.75. The molecule has 0 atom stereocenters. The second-order valence-electron chi connectivity index (χ2n) is 6.58. The predicted molar refractivity (Wildman–Crippen MR) is 108 cm³/mol. The smallest absolute Gasteiger partial charge is 0.268 e. The summed E-state index contributed by atoms with van der Waals surface area (Å²) in [5, 5.41) is 5.03. The van der Waals surface area contributed by atoms with E-state index >= 15 is 0 Å². The van der Waals surface area contributed by atoms with Crippen LogP contribution in [0.15, 0.2) is 66.0 Å². The lowest BCUT2D eigenvalue weighted by molar-refractivity contribution is 0.0942. The van der Waals surface area contributed by atoms with Gasteiger partial charge in [0.15, 0.2) is 0 Å². The molecule has 4 aromatic rings. The Hall–Kier alpha value is -2.92. The number of thiophene rings is 1. The van der Waals surface area contributed by atoms with Gasteiger partial charge in [-0.05, 0) is 47.7 Å². The SMILES string of the molecule is Cc1cccc(CNC(=O)c2cc3sccc3n2Cc2ccc(F)cc2)c1. The van der Waals surface area contributed by atoms with Crippen molar-refractivity contribution in [1.82, 2.24) is 9.88 Å². The largest absolute Gasteiger partial charge is 0.347 e. The summed E-state index contributed by atoms with van der Waals surface area (Å²) in [5.74, 6) is -0.370. The predicted octanol–water partition coefficient (Wildman–Crippen LogP) is 5.13. The highest BCUT2D eigenvalue weighted by molar-refractivity contribution is 7.17. The highest BCUT2D eigenvalue weighted by atomic mass is 32.1. The molecule has 0 bridgehead atoms. The number of carbonyl (C=O) groups is 1. The fourth-order valence-corrected chi connectivity index (χ4v) is 4.03. The molecule has 0 aliphatic rings. The summed E-state index contributed by atoms with van der Waals surface area (Å²) >= 11 is 1.61. The van der Waals surface area contributed by atoms with Crippen LogP contribution in [0.1, 0.15) is 27.2 Å². The van der Waals surface area contributed by atoms with E-state index in [0.717, 1.165) is 21.3 Å². The highest BCUT2D eigenvalue weighted by Gasteiger charge is 2.16. The first-order chi connectivity index (χ1) is 13.1. The van der Waals surface area contributed by atoms with Crippen molar-refractivity contribution in [2.75, 3.05) is 0 Å². The third-order valence-electron chi connectivity index (χ3n) is 4.54. The fraction of sp³-hybridized carbons (Fsp3) is 0.136. The van der Waals surface area contributed by atoms with Crippen LogP contribution in [0.4, 0.5) is 4.39 Å². The summed E-state index contributed by atoms with van der Waals surface area (Å²) < 4.78 is 16.3. The minimum absolute atomic E-state index is 0.109. The van der Waals surface area contributed by atoms with Gasteiger partial charge in [-0.1, -0.05) is 42.0 Å². The number of halogens is 1. The number of aryl methyl sites for hydroxylation is 1. The van der Waals surface area contributed by atoms with Gasteiger partial charge in [0, 0.05) is 13.1 Å². The minimum atomic E-state index is -0.261. The van der Waals surface area contributed by atoms with Crippen LogP contribution in [0, 0.1) is 12.7 Å². The van der Waals surface area contributed by atoms with Gasteiger partial charge >= 0.3 is 0 Å². The molecule has 3 nitrogen and oxygen atoms in total. The zero-order valence-corrected chi connectivity index (χ0v) is 15.7. The molecule has 2 heterocycles. The van der Waals surface area contributed by atoms with E-state index in [0.29, 0.717) is 18.8 Å². The number of nitrogens with zero attached hydrogens (tertiary/aromatic N) is 1. The molecule has 0 fully saturated rings. The van der Waals surface area contributed by atoms with E-state index in [1.54, 1.807) is 23.5 Å². The molecule has 136 valence electrons. The summed E-state index contributed by atoms with van der Waals surface area (Å²) in [4.78, 5) is 12.8. The number of amides is 1. The van der Waals surface area contributed by atoms with E-state index < -0.39 is 0 Å². The maximum Gasteiger partial charge on any atom is 0.268 e. The number of hydrogen-bond acceptors (Lipinski definition) is 2. The lowest BCUT2D eigenvalue weighted by atomic mass is 10.1. The number of fused-ring (bicyclic) bond motifs is 1. The summed E-state index contributed by atoms with van der Waals surface area (Å²) in [5.41, 5.74) is 4.83. The second kappa shape index (κ2) is 7.37. The standard InChI is InChI=1S/C22H19FN2OS/c1-15-3-2-4-17(11-15)13-24-22(26)20-12-21-19(9-10-27-21)25(20)14-16-5-7-18(23)8-6-16/h2-12H,13-14H2,1H3,(H,24,26). The van der Waals surface area contributed by atoms with Crippen LogP contribution in [-0.4, -0.2) is 10.5 Å². The molecule has 0 spiro atoms. The molecule has 1 amide bonds. The van der Waals surface area contributed by atoms with Crippen molar-refractivity contribution >= 4 is 27.5 Å². The Morgan fingerprint density at radius 3 is 2.67 bits per heavy atom. The summed E-state index contributed by atoms with van der Waals surface area (Å²) in [6, 6.07) is 18.4. The van der Waals surface area contributed by atoms with E-state index in [-0.39, 0.29) is 11.7 Å². The van der Waals surface area contributed by atoms with Crippen molar-refractivity contribution in [2.45, 2.75) is 20.0 Å². The molecular weight excluding hydrogens is 359 g/mol. The lowest BCUT2D eigenvalue weighted by Gasteiger charge is -2.11. The van der Waals surface area contributed by atoms with E-state index in [2.05, 4.69) is 11.4 Å². The lowest BCUT2D eigenvalue weighted by Crippen LogP contribution is -2.25. The zero-order valence-electron chi connectivity index (χ0n) is 14.9. The van der Waals surface area contributed by atoms with E-state index in [9.17, 15) is 9.18 Å². The average Bonchev–Trinajstić information content (AvgIpc) is 3.24. The van der Waals surface area contributed by atoms with Gasteiger partial charge in [-0.2, -0.15) is 0 Å². The molecule has 2 aromatic carbocycles. The van der Waals surface area contributed by atoms with Crippen molar-refractivity contribution in [2.24, 2.45) is 0 Å². The summed E-state index contributed by atoms with van der Waals surface area (Å²) in [6.07, 6.45) is 0. The van der Waals surface area contributed by atoms with Crippen molar-refractivity contribution in [3.8, 4) is 0 Å². The quantitative estimate of drug-likeness (QED) is 0.513. The van der Waals surface area contributed by atoms with Gasteiger partial charge in [0.2, 0.25) is 0 Å². The number of benzene rings is 2. The number of nitrogens with one attached hydrogen (secondary N) is 1. The van der Waals surface area contributed by atoms with E-state index in [1.165, 1.54) is 17.7 Å². The first kappa shape index (κ1) is 17.5. The number of aromatic nitrogens is 1. The van der Waals surface area contributed by atoms with Crippen LogP contribution >= 0.6 is 11.3 Å². The molecule has 1 N–H and O–H groups in total. The minimum Gasteiger partial charge on any atom is -0.347 e. The number of carbonyl (C=O) groups excluding carboxylic acids is 1. The fourth-order valence-electron chi connectivity index (χ4n) is 3.20. The van der Waals surface area contributed by atoms with Gasteiger partial charge < -0.3 is 9.88 Å². The molecule has 0 saturated heterocycles. The Labute approximate surface area is 161 Å². The maximum absolute atomic E-state index is 13.2. The van der Waals surface area contributed by atoms with Crippen LogP contribution < -0.4 is 5.32 Å². The van der Waals surface area contributed by atoms with Gasteiger partial charge in [-0.25, -0.2) is 4.39 Å². The van der Waals surface area contributed by atoms with Crippen molar-refractivity contribution in [1.29, 1.82) is 0 Å². The van der Waals surface area contributed by atoms with Crippen LogP contribution in [0.2, 0.25) is 0 Å². The third kappa shape index (κ3) is 3.78. The third-order valence-corrected chi connectivity index (χ3v) is 5.40. The van der Waals surface area contributed by atoms with E-state index in [4.69, 9.17) is 0 Å². The van der Waals surface area contributed by atoms with Gasteiger partial charge in [-0.15, -0.1) is 11.3 Å².